The van der Waals surface area contributed by atoms with Crippen LogP contribution in [0, 0.1) is 5.92 Å². The van der Waals surface area contributed by atoms with E-state index in [9.17, 15) is 4.79 Å². The van der Waals surface area contributed by atoms with Crippen molar-refractivity contribution in [1.82, 2.24) is 4.98 Å². The van der Waals surface area contributed by atoms with Crippen molar-refractivity contribution in [1.29, 1.82) is 0 Å². The maximum Gasteiger partial charge on any atom is 0.231 e. The normalized spacial score (nSPS) is 24.4. The summed E-state index contributed by atoms with van der Waals surface area (Å²) in [5.74, 6) is 0.908. The number of carbonyl (C=O) groups is 1. The molecule has 2 rings (SSSR count). The van der Waals surface area contributed by atoms with Gasteiger partial charge in [-0.1, -0.05) is 6.07 Å². The zero-order valence-corrected chi connectivity index (χ0v) is 8.76. The summed E-state index contributed by atoms with van der Waals surface area (Å²) >= 11 is 0. The lowest BCUT2D eigenvalue weighted by Crippen LogP contribution is -2.45. The predicted octanol–water partition coefficient (Wildman–Crippen LogP) is 0.782. The number of hydrogen-bond acceptors (Lipinski definition) is 3. The van der Waals surface area contributed by atoms with Crippen LogP contribution in [-0.4, -0.2) is 24.0 Å². The van der Waals surface area contributed by atoms with Gasteiger partial charge < -0.3 is 5.73 Å². The number of anilines is 1. The Balaban J connectivity index is 2.02. The van der Waals surface area contributed by atoms with Crippen LogP contribution in [-0.2, 0) is 4.79 Å². The number of aromatic nitrogens is 1. The topological polar surface area (TPSA) is 59.2 Å². The van der Waals surface area contributed by atoms with E-state index in [0.717, 1.165) is 12.8 Å². The highest BCUT2D eigenvalue weighted by Gasteiger charge is 2.34. The van der Waals surface area contributed by atoms with Crippen molar-refractivity contribution in [2.45, 2.75) is 18.9 Å². The fourth-order valence-electron chi connectivity index (χ4n) is 1.80. The van der Waals surface area contributed by atoms with Crippen molar-refractivity contribution >= 4 is 11.7 Å². The van der Waals surface area contributed by atoms with Gasteiger partial charge >= 0.3 is 0 Å². The highest BCUT2D eigenvalue weighted by Crippen LogP contribution is 2.28. The highest BCUT2D eigenvalue weighted by atomic mass is 16.2. The molecule has 0 unspecified atom stereocenters. The van der Waals surface area contributed by atoms with Gasteiger partial charge in [-0.25, -0.2) is 4.98 Å². The average Bonchev–Trinajstić information content (AvgIpc) is 2.24. The molecule has 0 atom stereocenters. The number of carbonyl (C=O) groups excluding carboxylic acids is 1. The molecular formula is C11H15N3O. The summed E-state index contributed by atoms with van der Waals surface area (Å²) in [7, 11) is 1.76. The van der Waals surface area contributed by atoms with Crippen LogP contribution >= 0.6 is 0 Å². The minimum Gasteiger partial charge on any atom is -0.328 e. The van der Waals surface area contributed by atoms with Crippen molar-refractivity contribution in [3.63, 3.8) is 0 Å². The first-order chi connectivity index (χ1) is 7.18. The Hall–Kier alpha value is -1.42. The Morgan fingerprint density at radius 3 is 2.80 bits per heavy atom. The van der Waals surface area contributed by atoms with E-state index in [2.05, 4.69) is 4.98 Å². The molecule has 4 heteroatoms. The van der Waals surface area contributed by atoms with Crippen molar-refractivity contribution in [2.75, 3.05) is 11.9 Å². The number of rotatable bonds is 2. The van der Waals surface area contributed by atoms with Gasteiger partial charge in [0.25, 0.3) is 0 Å². The summed E-state index contributed by atoms with van der Waals surface area (Å²) in [5, 5.41) is 0. The molecule has 0 aliphatic heterocycles. The van der Waals surface area contributed by atoms with Crippen LogP contribution in [0.5, 0.6) is 0 Å². The van der Waals surface area contributed by atoms with Crippen LogP contribution in [0.1, 0.15) is 12.8 Å². The van der Waals surface area contributed by atoms with E-state index in [1.54, 1.807) is 18.1 Å². The molecule has 4 nitrogen and oxygen atoms in total. The third kappa shape index (κ3) is 1.99. The monoisotopic (exact) mass is 205 g/mol. The fraction of sp³-hybridized carbons (Fsp3) is 0.455. The number of hydrogen-bond donors (Lipinski definition) is 1. The van der Waals surface area contributed by atoms with Gasteiger partial charge in [-0.3, -0.25) is 9.69 Å². The smallest absolute Gasteiger partial charge is 0.231 e. The third-order valence-corrected chi connectivity index (χ3v) is 2.85. The van der Waals surface area contributed by atoms with Crippen molar-refractivity contribution in [3.05, 3.63) is 24.4 Å². The van der Waals surface area contributed by atoms with Crippen molar-refractivity contribution < 1.29 is 4.79 Å². The fourth-order valence-corrected chi connectivity index (χ4v) is 1.80. The molecule has 1 saturated carbocycles. The quantitative estimate of drug-likeness (QED) is 0.776. The lowest BCUT2D eigenvalue weighted by Gasteiger charge is -2.33. The minimum absolute atomic E-state index is 0.0898. The zero-order valence-electron chi connectivity index (χ0n) is 8.76. The van der Waals surface area contributed by atoms with Crippen LogP contribution < -0.4 is 10.6 Å². The summed E-state index contributed by atoms with van der Waals surface area (Å²) in [6.45, 7) is 0. The number of amides is 1. The highest BCUT2D eigenvalue weighted by molar-refractivity contribution is 5.94. The molecule has 1 heterocycles. The first-order valence-corrected chi connectivity index (χ1v) is 5.12. The molecule has 80 valence electrons. The van der Waals surface area contributed by atoms with Crippen LogP contribution in [0.15, 0.2) is 24.4 Å². The van der Waals surface area contributed by atoms with Crippen molar-refractivity contribution in [3.8, 4) is 0 Å². The molecule has 15 heavy (non-hydrogen) atoms. The number of pyridine rings is 1. The van der Waals surface area contributed by atoms with Gasteiger partial charge in [0.2, 0.25) is 5.91 Å². The lowest BCUT2D eigenvalue weighted by atomic mass is 9.80. The van der Waals surface area contributed by atoms with E-state index in [4.69, 9.17) is 5.73 Å². The number of nitrogens with zero attached hydrogens (tertiary/aromatic N) is 2. The second-order valence-corrected chi connectivity index (χ2v) is 4.01. The first-order valence-electron chi connectivity index (χ1n) is 5.12. The molecule has 2 N–H and O–H groups in total. The minimum atomic E-state index is 0.0898. The Morgan fingerprint density at radius 1 is 1.53 bits per heavy atom. The maximum atomic E-state index is 11.9. The molecule has 0 spiro atoms. The molecule has 1 aromatic rings. The van der Waals surface area contributed by atoms with Crippen LogP contribution in [0.4, 0.5) is 5.82 Å². The van der Waals surface area contributed by atoms with E-state index in [-0.39, 0.29) is 17.9 Å². The van der Waals surface area contributed by atoms with E-state index in [1.807, 2.05) is 18.2 Å². The van der Waals surface area contributed by atoms with E-state index >= 15 is 0 Å². The van der Waals surface area contributed by atoms with Crippen LogP contribution in [0.25, 0.3) is 0 Å². The lowest BCUT2D eigenvalue weighted by molar-refractivity contribution is -0.124. The molecule has 0 aromatic carbocycles. The SMILES string of the molecule is CN(C(=O)C1CC(N)C1)c1ccccn1. The van der Waals surface area contributed by atoms with Crippen LogP contribution in [0.2, 0.25) is 0 Å². The number of nitrogens with two attached hydrogens (primary N) is 1. The summed E-state index contributed by atoms with van der Waals surface area (Å²) in [6.07, 6.45) is 3.29. The Morgan fingerprint density at radius 2 is 2.27 bits per heavy atom. The summed E-state index contributed by atoms with van der Waals surface area (Å²) in [4.78, 5) is 17.6. The molecule has 0 bridgehead atoms. The Labute approximate surface area is 89.1 Å². The van der Waals surface area contributed by atoms with Gasteiger partial charge in [0.15, 0.2) is 0 Å². The standard InChI is InChI=1S/C11H15N3O/c1-14(10-4-2-3-5-13-10)11(15)8-6-9(12)7-8/h2-5,8-9H,6-7,12H2,1H3. The first kappa shape index (κ1) is 10.1. The van der Waals surface area contributed by atoms with Gasteiger partial charge in [-0.2, -0.15) is 0 Å². The summed E-state index contributed by atoms with van der Waals surface area (Å²) < 4.78 is 0. The molecule has 1 amide bonds. The van der Waals surface area contributed by atoms with E-state index < -0.39 is 0 Å². The molecule has 1 aliphatic rings. The molecule has 0 saturated heterocycles. The maximum absolute atomic E-state index is 11.9. The van der Waals surface area contributed by atoms with Gasteiger partial charge in [-0.15, -0.1) is 0 Å². The predicted molar refractivity (Wildman–Crippen MR) is 58.3 cm³/mol. The molecule has 1 aromatic heterocycles. The summed E-state index contributed by atoms with van der Waals surface area (Å²) in [6, 6.07) is 5.74. The molecule has 1 aliphatic carbocycles. The Kier molecular flexibility index (Phi) is 2.68. The van der Waals surface area contributed by atoms with Gasteiger partial charge in [-0.05, 0) is 25.0 Å². The average molecular weight is 205 g/mol. The second kappa shape index (κ2) is 3.98. The molecular weight excluding hydrogens is 190 g/mol. The Bertz CT molecular complexity index is 346. The van der Waals surface area contributed by atoms with Gasteiger partial charge in [0.05, 0.1) is 0 Å². The van der Waals surface area contributed by atoms with Crippen LogP contribution in [0.3, 0.4) is 0 Å². The van der Waals surface area contributed by atoms with E-state index in [0.29, 0.717) is 5.82 Å². The summed E-state index contributed by atoms with van der Waals surface area (Å²) in [5.41, 5.74) is 5.66. The molecule has 0 radical (unpaired) electrons. The largest absolute Gasteiger partial charge is 0.328 e. The second-order valence-electron chi connectivity index (χ2n) is 4.01. The van der Waals surface area contributed by atoms with Crippen molar-refractivity contribution in [2.24, 2.45) is 11.7 Å². The zero-order chi connectivity index (χ0) is 10.8. The molecule has 1 fully saturated rings. The van der Waals surface area contributed by atoms with Gasteiger partial charge in [0.1, 0.15) is 5.82 Å². The van der Waals surface area contributed by atoms with E-state index in [1.165, 1.54) is 0 Å². The van der Waals surface area contributed by atoms with Gasteiger partial charge in [0, 0.05) is 25.2 Å². The third-order valence-electron chi connectivity index (χ3n) is 2.85.